The monoisotopic (exact) mass is 237 g/mol. The Morgan fingerprint density at radius 2 is 2.25 bits per heavy atom. The van der Waals surface area contributed by atoms with Crippen LogP contribution in [0.2, 0.25) is 5.02 Å². The molecule has 0 aliphatic heterocycles. The average molecular weight is 238 g/mol. The molecule has 0 bridgehead atoms. The van der Waals surface area contributed by atoms with Gasteiger partial charge in [-0.15, -0.1) is 0 Å². The van der Waals surface area contributed by atoms with E-state index >= 15 is 0 Å². The van der Waals surface area contributed by atoms with Gasteiger partial charge in [-0.25, -0.2) is 0 Å². The van der Waals surface area contributed by atoms with E-state index in [9.17, 15) is 4.79 Å². The van der Waals surface area contributed by atoms with Gasteiger partial charge in [0.15, 0.2) is 0 Å². The van der Waals surface area contributed by atoms with Crippen LogP contribution in [-0.2, 0) is 23.0 Å². The van der Waals surface area contributed by atoms with Crippen LogP contribution in [-0.4, -0.2) is 17.6 Å². The first-order chi connectivity index (χ1) is 7.61. The number of benzene rings is 1. The maximum atomic E-state index is 11.3. The predicted molar refractivity (Wildman–Crippen MR) is 63.6 cm³/mol. The van der Waals surface area contributed by atoms with Crippen LogP contribution in [0.5, 0.6) is 0 Å². The van der Waals surface area contributed by atoms with E-state index in [0.29, 0.717) is 5.02 Å². The summed E-state index contributed by atoms with van der Waals surface area (Å²) in [4.78, 5) is 11.3. The lowest BCUT2D eigenvalue weighted by Crippen LogP contribution is -2.03. The van der Waals surface area contributed by atoms with Gasteiger partial charge in [0.25, 0.3) is 0 Å². The lowest BCUT2D eigenvalue weighted by Gasteiger charge is -1.98. The van der Waals surface area contributed by atoms with Gasteiger partial charge in [0.2, 0.25) is 0 Å². The molecule has 3 nitrogen and oxygen atoms in total. The van der Waals surface area contributed by atoms with E-state index in [1.807, 2.05) is 36.0 Å². The number of hydrogen-bond donors (Lipinski definition) is 0. The van der Waals surface area contributed by atoms with Gasteiger partial charge in [0.1, 0.15) is 0 Å². The Kier molecular flexibility index (Phi) is 2.88. The fourth-order valence-electron chi connectivity index (χ4n) is 1.81. The summed E-state index contributed by atoms with van der Waals surface area (Å²) in [7, 11) is 3.33. The van der Waals surface area contributed by atoms with Crippen molar-refractivity contribution in [1.82, 2.24) is 4.57 Å². The minimum Gasteiger partial charge on any atom is -0.469 e. The van der Waals surface area contributed by atoms with Crippen LogP contribution < -0.4 is 0 Å². The van der Waals surface area contributed by atoms with E-state index in [2.05, 4.69) is 4.74 Å². The third-order valence-corrected chi connectivity index (χ3v) is 2.83. The van der Waals surface area contributed by atoms with Gasteiger partial charge < -0.3 is 9.30 Å². The average Bonchev–Trinajstić information content (AvgIpc) is 2.55. The molecule has 0 unspecified atom stereocenters. The highest BCUT2D eigenvalue weighted by Gasteiger charge is 2.10. The van der Waals surface area contributed by atoms with Crippen molar-refractivity contribution < 1.29 is 9.53 Å². The molecular formula is C12H12ClNO2. The summed E-state index contributed by atoms with van der Waals surface area (Å²) in [6.07, 6.45) is 2.20. The van der Waals surface area contributed by atoms with Crippen LogP contribution in [0.1, 0.15) is 5.56 Å². The second-order valence-electron chi connectivity index (χ2n) is 3.68. The Morgan fingerprint density at radius 3 is 2.94 bits per heavy atom. The molecule has 2 rings (SSSR count). The molecule has 16 heavy (non-hydrogen) atoms. The van der Waals surface area contributed by atoms with Gasteiger partial charge in [-0.2, -0.15) is 0 Å². The van der Waals surface area contributed by atoms with E-state index in [0.717, 1.165) is 16.5 Å². The Morgan fingerprint density at radius 1 is 1.50 bits per heavy atom. The lowest BCUT2D eigenvalue weighted by atomic mass is 10.1. The first-order valence-corrected chi connectivity index (χ1v) is 5.30. The van der Waals surface area contributed by atoms with E-state index in [1.54, 1.807) is 0 Å². The van der Waals surface area contributed by atoms with Crippen LogP contribution in [0.25, 0.3) is 10.9 Å². The topological polar surface area (TPSA) is 31.2 Å². The Bertz CT molecular complexity index is 545. The number of fused-ring (bicyclic) bond motifs is 1. The van der Waals surface area contributed by atoms with Crippen molar-refractivity contribution in [3.8, 4) is 0 Å². The van der Waals surface area contributed by atoms with Gasteiger partial charge in [-0.3, -0.25) is 4.79 Å². The molecule has 0 aliphatic rings. The van der Waals surface area contributed by atoms with E-state index in [1.165, 1.54) is 7.11 Å². The van der Waals surface area contributed by atoms with Crippen molar-refractivity contribution in [2.45, 2.75) is 6.42 Å². The molecule has 1 heterocycles. The normalized spacial score (nSPS) is 10.7. The number of aryl methyl sites for hydroxylation is 1. The SMILES string of the molecule is COC(=O)Cc1cn(C)c2ccc(Cl)cc12. The van der Waals surface area contributed by atoms with Crippen molar-refractivity contribution in [3.63, 3.8) is 0 Å². The molecule has 0 fully saturated rings. The maximum Gasteiger partial charge on any atom is 0.310 e. The summed E-state index contributed by atoms with van der Waals surface area (Å²) in [6, 6.07) is 5.65. The number of carbonyl (C=O) groups is 1. The summed E-state index contributed by atoms with van der Waals surface area (Å²) in [5, 5.41) is 1.67. The first kappa shape index (κ1) is 11.0. The highest BCUT2D eigenvalue weighted by Crippen LogP contribution is 2.24. The van der Waals surface area contributed by atoms with Crippen LogP contribution in [0.3, 0.4) is 0 Å². The molecule has 0 saturated carbocycles. The molecule has 0 saturated heterocycles. The number of carbonyl (C=O) groups excluding carboxylic acids is 1. The van der Waals surface area contributed by atoms with Gasteiger partial charge in [-0.1, -0.05) is 11.6 Å². The molecule has 0 aliphatic carbocycles. The summed E-state index contributed by atoms with van der Waals surface area (Å²) < 4.78 is 6.64. The molecule has 2 aromatic rings. The number of halogens is 1. The molecule has 1 aromatic heterocycles. The highest BCUT2D eigenvalue weighted by molar-refractivity contribution is 6.31. The zero-order valence-corrected chi connectivity index (χ0v) is 9.91. The molecule has 0 radical (unpaired) electrons. The summed E-state index contributed by atoms with van der Waals surface area (Å²) in [5.41, 5.74) is 2.00. The molecule has 1 aromatic carbocycles. The lowest BCUT2D eigenvalue weighted by molar-refractivity contribution is -0.139. The number of rotatable bonds is 2. The van der Waals surface area contributed by atoms with E-state index in [4.69, 9.17) is 11.6 Å². The van der Waals surface area contributed by atoms with E-state index in [-0.39, 0.29) is 12.4 Å². The fraction of sp³-hybridized carbons (Fsp3) is 0.250. The van der Waals surface area contributed by atoms with Gasteiger partial charge in [0, 0.05) is 29.2 Å². The van der Waals surface area contributed by atoms with Crippen LogP contribution in [0.15, 0.2) is 24.4 Å². The summed E-state index contributed by atoms with van der Waals surface area (Å²) >= 11 is 5.94. The fourth-order valence-corrected chi connectivity index (χ4v) is 1.99. The second kappa shape index (κ2) is 4.18. The minimum atomic E-state index is -0.243. The van der Waals surface area contributed by atoms with Gasteiger partial charge in [0.05, 0.1) is 13.5 Å². The second-order valence-corrected chi connectivity index (χ2v) is 4.12. The van der Waals surface area contributed by atoms with Crippen molar-refractivity contribution in [2.75, 3.05) is 7.11 Å². The summed E-state index contributed by atoms with van der Waals surface area (Å²) in [6.45, 7) is 0. The van der Waals surface area contributed by atoms with Crippen molar-refractivity contribution in [2.24, 2.45) is 7.05 Å². The number of aromatic nitrogens is 1. The molecule has 0 spiro atoms. The maximum absolute atomic E-state index is 11.3. The predicted octanol–water partition coefficient (Wildman–Crippen LogP) is 2.55. The third-order valence-electron chi connectivity index (χ3n) is 2.60. The minimum absolute atomic E-state index is 0.243. The van der Waals surface area contributed by atoms with Crippen molar-refractivity contribution in [3.05, 3.63) is 35.0 Å². The molecule has 4 heteroatoms. The van der Waals surface area contributed by atoms with E-state index < -0.39 is 0 Å². The zero-order valence-electron chi connectivity index (χ0n) is 9.16. The molecule has 0 atom stereocenters. The molecule has 84 valence electrons. The highest BCUT2D eigenvalue weighted by atomic mass is 35.5. The largest absolute Gasteiger partial charge is 0.469 e. The van der Waals surface area contributed by atoms with Gasteiger partial charge in [-0.05, 0) is 23.8 Å². The number of nitrogens with zero attached hydrogens (tertiary/aromatic N) is 1. The summed E-state index contributed by atoms with van der Waals surface area (Å²) in [5.74, 6) is -0.243. The first-order valence-electron chi connectivity index (χ1n) is 4.92. The standard InChI is InChI=1S/C12H12ClNO2/c1-14-7-8(5-12(15)16-2)10-6-9(13)3-4-11(10)14/h3-4,6-7H,5H2,1-2H3. The number of esters is 1. The van der Waals surface area contributed by atoms with Crippen LogP contribution in [0, 0.1) is 0 Å². The Labute approximate surface area is 98.6 Å². The molecule has 0 N–H and O–H groups in total. The number of methoxy groups -OCH3 is 1. The quantitative estimate of drug-likeness (QED) is 0.752. The zero-order chi connectivity index (χ0) is 11.7. The smallest absolute Gasteiger partial charge is 0.310 e. The number of ether oxygens (including phenoxy) is 1. The van der Waals surface area contributed by atoms with Crippen LogP contribution >= 0.6 is 11.6 Å². The number of hydrogen-bond acceptors (Lipinski definition) is 2. The molecular weight excluding hydrogens is 226 g/mol. The van der Waals surface area contributed by atoms with Gasteiger partial charge >= 0.3 is 5.97 Å². The third kappa shape index (κ3) is 1.91. The Hall–Kier alpha value is -1.48. The van der Waals surface area contributed by atoms with Crippen LogP contribution in [0.4, 0.5) is 0 Å². The van der Waals surface area contributed by atoms with Crippen molar-refractivity contribution >= 4 is 28.5 Å². The molecule has 0 amide bonds. The Balaban J connectivity index is 2.52. The van der Waals surface area contributed by atoms with Crippen molar-refractivity contribution in [1.29, 1.82) is 0 Å².